The molecule has 3 heterocycles. The first-order chi connectivity index (χ1) is 10.9. The quantitative estimate of drug-likeness (QED) is 0.627. The van der Waals surface area contributed by atoms with E-state index in [0.717, 1.165) is 22.0 Å². The third-order valence-electron chi connectivity index (χ3n) is 3.31. The Hall–Kier alpha value is -2.73. The Morgan fingerprint density at radius 1 is 1.05 bits per heavy atom. The summed E-state index contributed by atoms with van der Waals surface area (Å²) in [5, 5.41) is 8.54. The van der Waals surface area contributed by atoms with Crippen LogP contribution in [0.25, 0.3) is 16.0 Å². The van der Waals surface area contributed by atoms with Gasteiger partial charge in [-0.25, -0.2) is 14.6 Å². The zero-order valence-corrected chi connectivity index (χ0v) is 12.5. The number of nitrogens with one attached hydrogen (secondary N) is 1. The number of hydrogen-bond acceptors (Lipinski definition) is 5. The maximum Gasteiger partial charge on any atom is 0.184 e. The molecule has 0 bridgehead atoms. The van der Waals surface area contributed by atoms with E-state index in [2.05, 4.69) is 26.4 Å². The molecule has 0 amide bonds. The topological polar surface area (TPSA) is 55.6 Å². The van der Waals surface area contributed by atoms with Gasteiger partial charge in [-0.2, -0.15) is 5.10 Å². The van der Waals surface area contributed by atoms with E-state index in [9.17, 15) is 0 Å². The molecule has 1 aromatic carbocycles. The van der Waals surface area contributed by atoms with Crippen LogP contribution in [0.4, 0.5) is 5.13 Å². The third kappa shape index (κ3) is 2.44. The van der Waals surface area contributed by atoms with Gasteiger partial charge in [0.2, 0.25) is 0 Å². The van der Waals surface area contributed by atoms with Gasteiger partial charge in [0.15, 0.2) is 10.9 Å². The average Bonchev–Trinajstić information content (AvgIpc) is 3.22. The summed E-state index contributed by atoms with van der Waals surface area (Å²) in [4.78, 5) is 9.00. The van der Waals surface area contributed by atoms with Crippen LogP contribution < -0.4 is 5.32 Å². The van der Waals surface area contributed by atoms with Gasteiger partial charge in [0.25, 0.3) is 0 Å². The van der Waals surface area contributed by atoms with Crippen molar-refractivity contribution in [3.63, 3.8) is 0 Å². The Bertz CT molecular complexity index is 865. The second-order valence-electron chi connectivity index (χ2n) is 4.78. The van der Waals surface area contributed by atoms with Crippen molar-refractivity contribution in [3.05, 3.63) is 66.6 Å². The highest BCUT2D eigenvalue weighted by Gasteiger charge is 2.07. The molecule has 0 saturated heterocycles. The summed E-state index contributed by atoms with van der Waals surface area (Å²) in [5.74, 6) is 0.834. The number of rotatable bonds is 4. The number of aromatic nitrogens is 4. The van der Waals surface area contributed by atoms with Crippen molar-refractivity contribution in [1.82, 2.24) is 19.7 Å². The normalized spacial score (nSPS) is 10.9. The summed E-state index contributed by atoms with van der Waals surface area (Å²) in [6.07, 6.45) is 5.42. The second kappa shape index (κ2) is 5.57. The summed E-state index contributed by atoms with van der Waals surface area (Å²) in [5.41, 5.74) is 2.10. The first-order valence-electron chi connectivity index (χ1n) is 6.93. The van der Waals surface area contributed by atoms with E-state index in [1.807, 2.05) is 42.6 Å². The molecule has 1 N–H and O–H groups in total. The maximum atomic E-state index is 4.58. The van der Waals surface area contributed by atoms with Crippen LogP contribution in [0.2, 0.25) is 0 Å². The zero-order valence-electron chi connectivity index (χ0n) is 11.7. The predicted octanol–water partition coefficient (Wildman–Crippen LogP) is 3.49. The van der Waals surface area contributed by atoms with E-state index in [1.54, 1.807) is 28.4 Å². The number of thiazole rings is 1. The van der Waals surface area contributed by atoms with Gasteiger partial charge < -0.3 is 5.32 Å². The molecule has 0 radical (unpaired) electrons. The lowest BCUT2D eigenvalue weighted by Gasteiger charge is -2.08. The number of pyridine rings is 1. The highest BCUT2D eigenvalue weighted by atomic mass is 32.1. The van der Waals surface area contributed by atoms with Gasteiger partial charge in [-0.3, -0.25) is 0 Å². The molecule has 4 rings (SSSR count). The minimum atomic E-state index is 0.656. The summed E-state index contributed by atoms with van der Waals surface area (Å²) in [6.45, 7) is 0.656. The van der Waals surface area contributed by atoms with E-state index in [4.69, 9.17) is 0 Å². The van der Waals surface area contributed by atoms with Gasteiger partial charge >= 0.3 is 0 Å². The average molecular weight is 307 g/mol. The van der Waals surface area contributed by atoms with Crippen LogP contribution in [0, 0.1) is 0 Å². The number of hydrogen-bond donors (Lipinski definition) is 1. The molecule has 0 aliphatic heterocycles. The van der Waals surface area contributed by atoms with E-state index in [-0.39, 0.29) is 0 Å². The summed E-state index contributed by atoms with van der Waals surface area (Å²) >= 11 is 1.65. The molecule has 0 atom stereocenters. The molecule has 0 aliphatic rings. The fourth-order valence-corrected chi connectivity index (χ4v) is 3.15. The van der Waals surface area contributed by atoms with Gasteiger partial charge in [-0.1, -0.05) is 29.5 Å². The molecule has 0 spiro atoms. The molecule has 5 nitrogen and oxygen atoms in total. The van der Waals surface area contributed by atoms with Crippen molar-refractivity contribution in [2.75, 3.05) is 5.32 Å². The first kappa shape index (κ1) is 13.0. The SMILES string of the molecule is c1cnc(-n2cccn2)c(CNc2nc3ccccc3s2)c1. The van der Waals surface area contributed by atoms with Crippen LogP contribution >= 0.6 is 11.3 Å². The Labute approximate surface area is 131 Å². The molecule has 4 aromatic rings. The van der Waals surface area contributed by atoms with Crippen LogP contribution in [0.3, 0.4) is 0 Å². The highest BCUT2D eigenvalue weighted by molar-refractivity contribution is 7.22. The smallest absolute Gasteiger partial charge is 0.184 e. The Balaban J connectivity index is 1.59. The Morgan fingerprint density at radius 3 is 2.86 bits per heavy atom. The van der Waals surface area contributed by atoms with E-state index >= 15 is 0 Å². The number of nitrogens with zero attached hydrogens (tertiary/aromatic N) is 4. The van der Waals surface area contributed by atoms with Crippen molar-refractivity contribution in [2.45, 2.75) is 6.54 Å². The maximum absolute atomic E-state index is 4.58. The van der Waals surface area contributed by atoms with Crippen LogP contribution in [0.5, 0.6) is 0 Å². The predicted molar refractivity (Wildman–Crippen MR) is 88.3 cm³/mol. The molecule has 0 saturated carbocycles. The number of benzene rings is 1. The molecule has 0 unspecified atom stereocenters. The van der Waals surface area contributed by atoms with Gasteiger partial charge in [-0.05, 0) is 24.3 Å². The van der Waals surface area contributed by atoms with E-state index < -0.39 is 0 Å². The lowest BCUT2D eigenvalue weighted by molar-refractivity contribution is 0.829. The lowest BCUT2D eigenvalue weighted by Crippen LogP contribution is -2.07. The lowest BCUT2D eigenvalue weighted by atomic mass is 10.2. The number of para-hydroxylation sites is 1. The summed E-state index contributed by atoms with van der Waals surface area (Å²) in [6, 6.07) is 14.0. The zero-order chi connectivity index (χ0) is 14.8. The van der Waals surface area contributed by atoms with Crippen LogP contribution in [-0.2, 0) is 6.54 Å². The van der Waals surface area contributed by atoms with E-state index in [1.165, 1.54) is 4.70 Å². The molecular weight excluding hydrogens is 294 g/mol. The van der Waals surface area contributed by atoms with Crippen molar-refractivity contribution < 1.29 is 0 Å². The minimum Gasteiger partial charge on any atom is -0.357 e. The Kier molecular flexibility index (Phi) is 3.29. The molecule has 3 aromatic heterocycles. The molecule has 22 heavy (non-hydrogen) atoms. The first-order valence-corrected chi connectivity index (χ1v) is 7.75. The fraction of sp³-hybridized carbons (Fsp3) is 0.0625. The fourth-order valence-electron chi connectivity index (χ4n) is 2.29. The van der Waals surface area contributed by atoms with Crippen molar-refractivity contribution in [3.8, 4) is 5.82 Å². The summed E-state index contributed by atoms with van der Waals surface area (Å²) in [7, 11) is 0. The largest absolute Gasteiger partial charge is 0.357 e. The molecule has 0 aliphatic carbocycles. The molecule has 6 heteroatoms. The van der Waals surface area contributed by atoms with Gasteiger partial charge in [-0.15, -0.1) is 0 Å². The minimum absolute atomic E-state index is 0.656. The second-order valence-corrected chi connectivity index (χ2v) is 5.81. The molecule has 0 fully saturated rings. The third-order valence-corrected chi connectivity index (χ3v) is 4.31. The highest BCUT2D eigenvalue weighted by Crippen LogP contribution is 2.26. The molecule has 108 valence electrons. The Morgan fingerprint density at radius 2 is 2.00 bits per heavy atom. The van der Waals surface area contributed by atoms with Crippen LogP contribution in [0.15, 0.2) is 61.1 Å². The number of anilines is 1. The van der Waals surface area contributed by atoms with Crippen LogP contribution in [-0.4, -0.2) is 19.7 Å². The van der Waals surface area contributed by atoms with E-state index in [0.29, 0.717) is 6.54 Å². The monoisotopic (exact) mass is 307 g/mol. The van der Waals surface area contributed by atoms with Crippen LogP contribution in [0.1, 0.15) is 5.56 Å². The van der Waals surface area contributed by atoms with Crippen molar-refractivity contribution in [2.24, 2.45) is 0 Å². The van der Waals surface area contributed by atoms with Crippen molar-refractivity contribution in [1.29, 1.82) is 0 Å². The summed E-state index contributed by atoms with van der Waals surface area (Å²) < 4.78 is 2.96. The molecular formula is C16H13N5S. The van der Waals surface area contributed by atoms with Gasteiger partial charge in [0.05, 0.1) is 10.2 Å². The standard InChI is InChI=1S/C16H13N5S/c1-2-7-14-13(6-1)20-16(22-14)18-11-12-5-3-8-17-15(12)21-10-4-9-19-21/h1-10H,11H2,(H,18,20). The van der Waals surface area contributed by atoms with Gasteiger partial charge in [0, 0.05) is 30.7 Å². The van der Waals surface area contributed by atoms with Gasteiger partial charge in [0.1, 0.15) is 0 Å². The van der Waals surface area contributed by atoms with Crippen molar-refractivity contribution >= 4 is 26.7 Å². The number of fused-ring (bicyclic) bond motifs is 1.